The highest BCUT2D eigenvalue weighted by Gasteiger charge is 2.26. The number of aromatic nitrogens is 4. The lowest BCUT2D eigenvalue weighted by Crippen LogP contribution is -2.25. The third-order valence-electron chi connectivity index (χ3n) is 4.44. The molecule has 132 valence electrons. The molecule has 3 heterocycles. The SMILES string of the molecule is CC(C)CCOC1CCN(c2ccc3nnc(C(C)(C)C)n3n2)C1. The van der Waals surface area contributed by atoms with E-state index in [0.29, 0.717) is 12.0 Å². The molecule has 1 saturated heterocycles. The molecule has 6 nitrogen and oxygen atoms in total. The van der Waals surface area contributed by atoms with Crippen LogP contribution in [0.3, 0.4) is 0 Å². The quantitative estimate of drug-likeness (QED) is 0.843. The third kappa shape index (κ3) is 3.69. The van der Waals surface area contributed by atoms with E-state index in [9.17, 15) is 0 Å². The Bertz CT molecular complexity index is 688. The van der Waals surface area contributed by atoms with Crippen LogP contribution in [0.15, 0.2) is 12.1 Å². The van der Waals surface area contributed by atoms with Gasteiger partial charge in [-0.1, -0.05) is 34.6 Å². The van der Waals surface area contributed by atoms with Gasteiger partial charge in [-0.2, -0.15) is 4.52 Å². The highest BCUT2D eigenvalue weighted by Crippen LogP contribution is 2.24. The van der Waals surface area contributed by atoms with Crippen molar-refractivity contribution in [3.8, 4) is 0 Å². The maximum Gasteiger partial charge on any atom is 0.178 e. The van der Waals surface area contributed by atoms with Crippen molar-refractivity contribution in [2.45, 2.75) is 59.0 Å². The van der Waals surface area contributed by atoms with E-state index in [2.05, 4.69) is 49.7 Å². The van der Waals surface area contributed by atoms with Crippen LogP contribution >= 0.6 is 0 Å². The normalized spacial score (nSPS) is 18.9. The van der Waals surface area contributed by atoms with E-state index in [4.69, 9.17) is 9.84 Å². The van der Waals surface area contributed by atoms with Crippen LogP contribution in [-0.2, 0) is 10.2 Å². The Morgan fingerprint density at radius 1 is 1.25 bits per heavy atom. The monoisotopic (exact) mass is 331 g/mol. The molecule has 2 aromatic heterocycles. The van der Waals surface area contributed by atoms with Crippen molar-refractivity contribution in [1.29, 1.82) is 0 Å². The fourth-order valence-corrected chi connectivity index (χ4v) is 2.96. The second kappa shape index (κ2) is 6.67. The smallest absolute Gasteiger partial charge is 0.178 e. The zero-order valence-corrected chi connectivity index (χ0v) is 15.5. The molecule has 0 amide bonds. The molecule has 0 bridgehead atoms. The Labute approximate surface area is 144 Å². The van der Waals surface area contributed by atoms with Gasteiger partial charge in [0.2, 0.25) is 0 Å². The molecule has 1 atom stereocenters. The van der Waals surface area contributed by atoms with E-state index in [1.54, 1.807) is 0 Å². The van der Waals surface area contributed by atoms with Crippen molar-refractivity contribution in [2.75, 3.05) is 24.6 Å². The molecule has 0 N–H and O–H groups in total. The molecule has 0 spiro atoms. The second-order valence-corrected chi connectivity index (χ2v) is 8.15. The van der Waals surface area contributed by atoms with Crippen LogP contribution in [0.25, 0.3) is 5.65 Å². The fraction of sp³-hybridized carbons (Fsp3) is 0.722. The average Bonchev–Trinajstić information content (AvgIpc) is 3.11. The maximum atomic E-state index is 6.02. The van der Waals surface area contributed by atoms with Crippen molar-refractivity contribution in [3.05, 3.63) is 18.0 Å². The minimum absolute atomic E-state index is 0.0848. The molecule has 3 rings (SSSR count). The highest BCUT2D eigenvalue weighted by atomic mass is 16.5. The summed E-state index contributed by atoms with van der Waals surface area (Å²) in [5.41, 5.74) is 0.714. The minimum atomic E-state index is -0.0848. The van der Waals surface area contributed by atoms with Crippen molar-refractivity contribution in [3.63, 3.8) is 0 Å². The first-order chi connectivity index (χ1) is 11.3. The zero-order chi connectivity index (χ0) is 17.3. The molecule has 0 aromatic carbocycles. The number of hydrogen-bond donors (Lipinski definition) is 0. The molecule has 0 saturated carbocycles. The van der Waals surface area contributed by atoms with E-state index >= 15 is 0 Å². The number of hydrogen-bond acceptors (Lipinski definition) is 5. The van der Waals surface area contributed by atoms with Crippen LogP contribution in [0.5, 0.6) is 0 Å². The molecule has 1 aliphatic rings. The van der Waals surface area contributed by atoms with Crippen molar-refractivity contribution >= 4 is 11.5 Å². The van der Waals surface area contributed by atoms with Gasteiger partial charge < -0.3 is 9.64 Å². The Balaban J connectivity index is 1.71. The molecule has 0 radical (unpaired) electrons. The number of anilines is 1. The molecular weight excluding hydrogens is 302 g/mol. The van der Waals surface area contributed by atoms with E-state index in [1.165, 1.54) is 0 Å². The van der Waals surface area contributed by atoms with Gasteiger partial charge in [-0.15, -0.1) is 15.3 Å². The first-order valence-corrected chi connectivity index (χ1v) is 8.94. The van der Waals surface area contributed by atoms with Crippen LogP contribution in [0.1, 0.15) is 53.3 Å². The van der Waals surface area contributed by atoms with Gasteiger partial charge in [0.1, 0.15) is 5.82 Å². The lowest BCUT2D eigenvalue weighted by molar-refractivity contribution is 0.0609. The maximum absolute atomic E-state index is 6.02. The van der Waals surface area contributed by atoms with E-state index in [1.807, 2.05) is 16.6 Å². The zero-order valence-electron chi connectivity index (χ0n) is 15.5. The van der Waals surface area contributed by atoms with Gasteiger partial charge in [-0.3, -0.25) is 0 Å². The predicted molar refractivity (Wildman–Crippen MR) is 95.5 cm³/mol. The predicted octanol–water partition coefficient (Wildman–Crippen LogP) is 3.06. The van der Waals surface area contributed by atoms with Gasteiger partial charge in [0, 0.05) is 25.1 Å². The summed E-state index contributed by atoms with van der Waals surface area (Å²) in [6.07, 6.45) is 2.49. The van der Waals surface area contributed by atoms with Crippen molar-refractivity contribution in [1.82, 2.24) is 19.8 Å². The summed E-state index contributed by atoms with van der Waals surface area (Å²) >= 11 is 0. The highest BCUT2D eigenvalue weighted by molar-refractivity contribution is 5.47. The van der Waals surface area contributed by atoms with E-state index in [0.717, 1.165) is 49.8 Å². The Morgan fingerprint density at radius 2 is 2.04 bits per heavy atom. The molecule has 24 heavy (non-hydrogen) atoms. The lowest BCUT2D eigenvalue weighted by Gasteiger charge is -2.19. The molecule has 6 heteroatoms. The van der Waals surface area contributed by atoms with Gasteiger partial charge in [-0.25, -0.2) is 0 Å². The van der Waals surface area contributed by atoms with Crippen molar-refractivity contribution in [2.24, 2.45) is 5.92 Å². The Morgan fingerprint density at radius 3 is 2.75 bits per heavy atom. The Hall–Kier alpha value is -1.69. The standard InChI is InChI=1S/C18H29N5O/c1-13(2)9-11-24-14-8-10-22(12-14)16-7-6-15-19-20-17(18(3,4)5)23(15)21-16/h6-7,13-14H,8-12H2,1-5H3. The number of nitrogens with zero attached hydrogens (tertiary/aromatic N) is 5. The molecule has 1 unspecified atom stereocenters. The second-order valence-electron chi connectivity index (χ2n) is 8.15. The summed E-state index contributed by atoms with van der Waals surface area (Å²) < 4.78 is 7.89. The summed E-state index contributed by atoms with van der Waals surface area (Å²) in [5, 5.41) is 13.3. The van der Waals surface area contributed by atoms with Gasteiger partial charge in [-0.05, 0) is 30.9 Å². The summed E-state index contributed by atoms with van der Waals surface area (Å²) in [6, 6.07) is 4.03. The average molecular weight is 331 g/mol. The van der Waals surface area contributed by atoms with Crippen LogP contribution in [0, 0.1) is 5.92 Å². The first-order valence-electron chi connectivity index (χ1n) is 8.94. The minimum Gasteiger partial charge on any atom is -0.376 e. The van der Waals surface area contributed by atoms with Crippen LogP contribution in [-0.4, -0.2) is 45.6 Å². The Kier molecular flexibility index (Phi) is 4.76. The number of rotatable bonds is 5. The summed E-state index contributed by atoms with van der Waals surface area (Å²) in [6.45, 7) is 13.6. The summed E-state index contributed by atoms with van der Waals surface area (Å²) in [5.74, 6) is 2.56. The van der Waals surface area contributed by atoms with E-state index in [-0.39, 0.29) is 5.41 Å². The lowest BCUT2D eigenvalue weighted by atomic mass is 9.96. The molecule has 1 aliphatic heterocycles. The first kappa shape index (κ1) is 17.1. The third-order valence-corrected chi connectivity index (χ3v) is 4.44. The molecule has 2 aromatic rings. The molecular formula is C18H29N5O. The summed E-state index contributed by atoms with van der Waals surface area (Å²) in [7, 11) is 0. The number of ether oxygens (including phenoxy) is 1. The van der Waals surface area contributed by atoms with Gasteiger partial charge in [0.25, 0.3) is 0 Å². The van der Waals surface area contributed by atoms with Crippen LogP contribution in [0.4, 0.5) is 5.82 Å². The topological polar surface area (TPSA) is 55.5 Å². The van der Waals surface area contributed by atoms with Gasteiger partial charge >= 0.3 is 0 Å². The van der Waals surface area contributed by atoms with Crippen LogP contribution < -0.4 is 4.90 Å². The molecule has 0 aliphatic carbocycles. The van der Waals surface area contributed by atoms with Gasteiger partial charge in [0.15, 0.2) is 11.5 Å². The number of fused-ring (bicyclic) bond motifs is 1. The van der Waals surface area contributed by atoms with E-state index < -0.39 is 0 Å². The van der Waals surface area contributed by atoms with Crippen molar-refractivity contribution < 1.29 is 4.74 Å². The largest absolute Gasteiger partial charge is 0.376 e. The van der Waals surface area contributed by atoms with Gasteiger partial charge in [0.05, 0.1) is 6.10 Å². The fourth-order valence-electron chi connectivity index (χ4n) is 2.96. The summed E-state index contributed by atoms with van der Waals surface area (Å²) in [4.78, 5) is 2.30. The molecule has 1 fully saturated rings. The van der Waals surface area contributed by atoms with Crippen LogP contribution in [0.2, 0.25) is 0 Å².